The second-order valence-corrected chi connectivity index (χ2v) is 10.0. The molecule has 198 valence electrons. The van der Waals surface area contributed by atoms with Crippen LogP contribution in [0.2, 0.25) is 10.0 Å². The number of pyridine rings is 1. The second kappa shape index (κ2) is 12.2. The number of carbonyl (C=O) groups is 2. The number of rotatable bonds is 9. The van der Waals surface area contributed by atoms with E-state index in [2.05, 4.69) is 21.2 Å². The number of aryl methyl sites for hydroxylation is 1. The monoisotopic (exact) mass is 611 g/mol. The van der Waals surface area contributed by atoms with Crippen LogP contribution in [-0.2, 0) is 16.5 Å². The normalized spacial score (nSPS) is 11.9. The number of hydrogen-bond donors (Lipinski definition) is 1. The third-order valence-electron chi connectivity index (χ3n) is 5.59. The Morgan fingerprint density at radius 2 is 1.59 bits per heavy atom. The van der Waals surface area contributed by atoms with E-state index >= 15 is 0 Å². The van der Waals surface area contributed by atoms with Crippen LogP contribution >= 0.6 is 39.1 Å². The minimum atomic E-state index is -0.688. The van der Waals surface area contributed by atoms with Crippen molar-refractivity contribution in [3.8, 4) is 0 Å². The van der Waals surface area contributed by atoms with Crippen LogP contribution in [0.5, 0.6) is 0 Å². The van der Waals surface area contributed by atoms with Crippen LogP contribution in [0.3, 0.4) is 0 Å². The summed E-state index contributed by atoms with van der Waals surface area (Å²) in [6, 6.07) is 7.73. The quantitative estimate of drug-likeness (QED) is 0.282. The van der Waals surface area contributed by atoms with Crippen molar-refractivity contribution in [1.82, 2.24) is 9.13 Å². The second-order valence-electron chi connectivity index (χ2n) is 8.45. The van der Waals surface area contributed by atoms with E-state index in [-0.39, 0.29) is 41.0 Å². The largest absolute Gasteiger partial charge is 0.462 e. The van der Waals surface area contributed by atoms with Crippen LogP contribution in [0.4, 0.5) is 5.69 Å². The molecular formula is C26H28BrCl2N3O5. The molecule has 1 unspecified atom stereocenters. The highest BCUT2D eigenvalue weighted by molar-refractivity contribution is 9.10. The van der Waals surface area contributed by atoms with Gasteiger partial charge in [-0.3, -0.25) is 4.79 Å². The maximum atomic E-state index is 13.4. The molecule has 0 fully saturated rings. The number of ether oxygens (including phenoxy) is 2. The predicted octanol–water partition coefficient (Wildman–Crippen LogP) is 6.39. The van der Waals surface area contributed by atoms with Crippen molar-refractivity contribution >= 4 is 56.8 Å². The van der Waals surface area contributed by atoms with E-state index in [0.29, 0.717) is 21.0 Å². The average molecular weight is 613 g/mol. The number of hydrogen-bond acceptors (Lipinski definition) is 6. The highest BCUT2D eigenvalue weighted by Crippen LogP contribution is 2.40. The van der Waals surface area contributed by atoms with Gasteiger partial charge in [-0.2, -0.15) is 0 Å². The van der Waals surface area contributed by atoms with Gasteiger partial charge in [0.15, 0.2) is 0 Å². The molecule has 0 spiro atoms. The first kappa shape index (κ1) is 28.8. The van der Waals surface area contributed by atoms with Crippen molar-refractivity contribution in [3.63, 3.8) is 0 Å². The first-order valence-corrected chi connectivity index (χ1v) is 13.2. The Bertz CT molecular complexity index is 1340. The van der Waals surface area contributed by atoms with Gasteiger partial charge in [0, 0.05) is 24.3 Å². The molecule has 2 heterocycles. The fourth-order valence-electron chi connectivity index (χ4n) is 4.05. The molecular weight excluding hydrogens is 585 g/mol. The van der Waals surface area contributed by atoms with Gasteiger partial charge >= 0.3 is 11.9 Å². The Morgan fingerprint density at radius 1 is 1.03 bits per heavy atom. The third-order valence-corrected chi connectivity index (χ3v) is 6.89. The molecule has 0 aliphatic rings. The van der Waals surface area contributed by atoms with Gasteiger partial charge in [0.2, 0.25) is 0 Å². The van der Waals surface area contributed by atoms with E-state index in [4.69, 9.17) is 32.7 Å². The van der Waals surface area contributed by atoms with E-state index in [9.17, 15) is 14.4 Å². The maximum absolute atomic E-state index is 13.4. The molecule has 1 N–H and O–H groups in total. The topological polar surface area (TPSA) is 91.6 Å². The van der Waals surface area contributed by atoms with Crippen molar-refractivity contribution in [2.75, 3.05) is 18.5 Å². The fraction of sp³-hybridized carbons (Fsp3) is 0.346. The highest BCUT2D eigenvalue weighted by Gasteiger charge is 2.37. The van der Waals surface area contributed by atoms with Gasteiger partial charge in [-0.1, -0.05) is 35.3 Å². The van der Waals surface area contributed by atoms with Gasteiger partial charge in [-0.25, -0.2) is 9.59 Å². The zero-order valence-electron chi connectivity index (χ0n) is 21.1. The lowest BCUT2D eigenvalue weighted by Gasteiger charge is -2.26. The summed E-state index contributed by atoms with van der Waals surface area (Å²) in [5, 5.41) is 3.96. The summed E-state index contributed by atoms with van der Waals surface area (Å²) < 4.78 is 14.3. The smallest absolute Gasteiger partial charge is 0.341 e. The zero-order valence-corrected chi connectivity index (χ0v) is 24.2. The molecule has 0 aliphatic carbocycles. The molecule has 0 saturated heterocycles. The molecule has 0 saturated carbocycles. The third kappa shape index (κ3) is 6.05. The van der Waals surface area contributed by atoms with Crippen molar-refractivity contribution in [2.45, 2.75) is 39.8 Å². The summed E-state index contributed by atoms with van der Waals surface area (Å²) in [5.41, 5.74) is 1.53. The Hall–Kier alpha value is -2.75. The number of esters is 2. The predicted molar refractivity (Wildman–Crippen MR) is 148 cm³/mol. The molecule has 0 aliphatic heterocycles. The van der Waals surface area contributed by atoms with Crippen molar-refractivity contribution < 1.29 is 19.1 Å². The summed E-state index contributed by atoms with van der Waals surface area (Å²) in [5.74, 6) is -1.32. The van der Waals surface area contributed by atoms with E-state index in [1.54, 1.807) is 39.2 Å². The van der Waals surface area contributed by atoms with E-state index in [1.165, 1.54) is 10.6 Å². The van der Waals surface area contributed by atoms with Crippen LogP contribution < -0.4 is 10.9 Å². The van der Waals surface area contributed by atoms with Gasteiger partial charge < -0.3 is 23.9 Å². The molecule has 3 rings (SSSR count). The number of carbonyl (C=O) groups excluding carboxylic acids is 2. The van der Waals surface area contributed by atoms with Gasteiger partial charge in [0.25, 0.3) is 5.56 Å². The maximum Gasteiger partial charge on any atom is 0.341 e. The standard InChI is InChI=1S/C26H28BrCl2N3O5/c1-6-36-25(34)19-20(26(35)37-7-2)23(27)32(14(3)4)22(19)21(15-8-10-16(28)11-9-15)30-17-12-18(29)24(33)31(5)13-17/h8-14,21,30H,6-7H2,1-5H3. The Kier molecular flexibility index (Phi) is 9.50. The molecule has 0 bridgehead atoms. The molecule has 1 atom stereocenters. The van der Waals surface area contributed by atoms with Gasteiger partial charge in [0.1, 0.15) is 15.2 Å². The summed E-state index contributed by atoms with van der Waals surface area (Å²) in [6.07, 6.45) is 1.60. The van der Waals surface area contributed by atoms with Gasteiger partial charge in [0.05, 0.1) is 36.2 Å². The Morgan fingerprint density at radius 3 is 2.11 bits per heavy atom. The van der Waals surface area contributed by atoms with E-state index < -0.39 is 18.0 Å². The molecule has 11 heteroatoms. The molecule has 3 aromatic rings. The van der Waals surface area contributed by atoms with E-state index in [1.807, 2.05) is 30.5 Å². The van der Waals surface area contributed by atoms with E-state index in [0.717, 1.165) is 5.56 Å². The highest BCUT2D eigenvalue weighted by atomic mass is 79.9. The van der Waals surface area contributed by atoms with Crippen LogP contribution in [0, 0.1) is 0 Å². The first-order valence-electron chi connectivity index (χ1n) is 11.7. The number of nitrogens with one attached hydrogen (secondary N) is 1. The minimum Gasteiger partial charge on any atom is -0.462 e. The lowest BCUT2D eigenvalue weighted by molar-refractivity contribution is 0.0478. The number of aromatic nitrogens is 2. The van der Waals surface area contributed by atoms with Gasteiger partial charge in [-0.05, 0) is 67.4 Å². The summed E-state index contributed by atoms with van der Waals surface area (Å²) in [4.78, 5) is 38.7. The number of anilines is 1. The van der Waals surface area contributed by atoms with Crippen LogP contribution in [0.25, 0.3) is 0 Å². The number of benzene rings is 1. The first-order chi connectivity index (χ1) is 17.5. The summed E-state index contributed by atoms with van der Waals surface area (Å²) >= 11 is 15.9. The van der Waals surface area contributed by atoms with Crippen LogP contribution in [0.1, 0.15) is 71.8 Å². The van der Waals surface area contributed by atoms with Crippen molar-refractivity contribution in [2.24, 2.45) is 7.05 Å². The van der Waals surface area contributed by atoms with Gasteiger partial charge in [-0.15, -0.1) is 0 Å². The summed E-state index contributed by atoms with van der Waals surface area (Å²) in [7, 11) is 1.59. The average Bonchev–Trinajstić information content (AvgIpc) is 3.15. The molecule has 0 radical (unpaired) electrons. The Balaban J connectivity index is 2.40. The zero-order chi connectivity index (χ0) is 27.4. The van der Waals surface area contributed by atoms with Crippen molar-refractivity contribution in [3.05, 3.63) is 83.9 Å². The number of halogens is 3. The lowest BCUT2D eigenvalue weighted by Crippen LogP contribution is -2.23. The summed E-state index contributed by atoms with van der Waals surface area (Å²) in [6.45, 7) is 7.49. The molecule has 1 aromatic carbocycles. The fourth-order valence-corrected chi connectivity index (χ4v) is 5.38. The molecule has 0 amide bonds. The SMILES string of the molecule is CCOC(=O)c1c(C(=O)OCC)c(C(Nc2cc(Cl)c(=O)n(C)c2)c2ccc(Cl)cc2)n(C(C)C)c1Br. The Labute approximate surface area is 233 Å². The molecule has 2 aromatic heterocycles. The lowest BCUT2D eigenvalue weighted by atomic mass is 9.98. The van der Waals surface area contributed by atoms with Crippen molar-refractivity contribution in [1.29, 1.82) is 0 Å². The molecule has 37 heavy (non-hydrogen) atoms. The number of nitrogens with zero attached hydrogens (tertiary/aromatic N) is 2. The minimum absolute atomic E-state index is 0.0283. The van der Waals surface area contributed by atoms with Crippen LogP contribution in [-0.4, -0.2) is 34.3 Å². The molecule has 8 nitrogen and oxygen atoms in total. The van der Waals surface area contributed by atoms with Crippen LogP contribution in [0.15, 0.2) is 45.9 Å².